The molecular weight excluding hydrogens is 244 g/mol. The predicted octanol–water partition coefficient (Wildman–Crippen LogP) is 4.02. The van der Waals surface area contributed by atoms with E-state index >= 15 is 0 Å². The highest BCUT2D eigenvalue weighted by atomic mass is 32.1. The molecule has 1 fully saturated rings. The van der Waals surface area contributed by atoms with Crippen molar-refractivity contribution in [2.75, 3.05) is 6.61 Å². The van der Waals surface area contributed by atoms with Gasteiger partial charge in [-0.25, -0.2) is 0 Å². The first-order valence-corrected chi connectivity index (χ1v) is 7.49. The van der Waals surface area contributed by atoms with Gasteiger partial charge >= 0.3 is 0 Å². The molecule has 2 rings (SSSR count). The molecule has 1 N–H and O–H groups in total. The molecule has 0 aliphatic heterocycles. The molecular formula is C14H24N2OS. The molecule has 1 aliphatic rings. The van der Waals surface area contributed by atoms with Crippen LogP contribution in [-0.4, -0.2) is 22.3 Å². The summed E-state index contributed by atoms with van der Waals surface area (Å²) in [5.41, 5.74) is 1.27. The van der Waals surface area contributed by atoms with Crippen LogP contribution in [-0.2, 0) is 11.3 Å². The molecule has 1 aliphatic carbocycles. The van der Waals surface area contributed by atoms with Gasteiger partial charge in [0, 0.05) is 18.4 Å². The number of H-pyrrole nitrogens is 1. The summed E-state index contributed by atoms with van der Waals surface area (Å²) in [6.07, 6.45) is 8.99. The van der Waals surface area contributed by atoms with Crippen molar-refractivity contribution in [1.29, 1.82) is 0 Å². The van der Waals surface area contributed by atoms with E-state index in [2.05, 4.69) is 23.4 Å². The van der Waals surface area contributed by atoms with Gasteiger partial charge in [-0.15, -0.1) is 0 Å². The molecule has 1 aromatic heterocycles. The van der Waals surface area contributed by atoms with Gasteiger partial charge in [-0.05, 0) is 31.0 Å². The highest BCUT2D eigenvalue weighted by molar-refractivity contribution is 7.71. The van der Waals surface area contributed by atoms with Gasteiger partial charge in [0.2, 0.25) is 0 Å². The molecule has 0 bridgehead atoms. The molecule has 0 unspecified atom stereocenters. The number of nitrogens with zero attached hydrogens (tertiary/aromatic N) is 1. The monoisotopic (exact) mass is 268 g/mol. The molecule has 0 atom stereocenters. The Hall–Kier alpha value is -0.610. The maximum absolute atomic E-state index is 5.96. The van der Waals surface area contributed by atoms with Crippen LogP contribution >= 0.6 is 12.2 Å². The van der Waals surface area contributed by atoms with Gasteiger partial charge in [-0.2, -0.15) is 0 Å². The van der Waals surface area contributed by atoms with Crippen LogP contribution in [0.4, 0.5) is 0 Å². The van der Waals surface area contributed by atoms with Gasteiger partial charge in [0.25, 0.3) is 0 Å². The number of aromatic amines is 1. The molecule has 4 heteroatoms. The van der Waals surface area contributed by atoms with Crippen LogP contribution in [0.25, 0.3) is 0 Å². The third kappa shape index (κ3) is 3.45. The van der Waals surface area contributed by atoms with E-state index in [0.29, 0.717) is 12.0 Å². The fourth-order valence-corrected chi connectivity index (χ4v) is 2.92. The maximum Gasteiger partial charge on any atom is 0.177 e. The first kappa shape index (κ1) is 13.8. The van der Waals surface area contributed by atoms with Gasteiger partial charge in [0.1, 0.15) is 0 Å². The van der Waals surface area contributed by atoms with Crippen LogP contribution in [0.1, 0.15) is 57.6 Å². The lowest BCUT2D eigenvalue weighted by Gasteiger charge is -2.22. The minimum absolute atomic E-state index is 0.481. The van der Waals surface area contributed by atoms with Crippen molar-refractivity contribution in [3.8, 4) is 0 Å². The van der Waals surface area contributed by atoms with Crippen LogP contribution in [0.3, 0.4) is 0 Å². The average molecular weight is 268 g/mol. The molecule has 1 saturated carbocycles. The lowest BCUT2D eigenvalue weighted by atomic mass is 9.98. The van der Waals surface area contributed by atoms with E-state index in [1.807, 2.05) is 6.20 Å². The van der Waals surface area contributed by atoms with Gasteiger partial charge < -0.3 is 14.3 Å². The number of nitrogens with one attached hydrogen (secondary N) is 1. The van der Waals surface area contributed by atoms with Crippen LogP contribution < -0.4 is 0 Å². The summed E-state index contributed by atoms with van der Waals surface area (Å²) >= 11 is 5.31. The summed E-state index contributed by atoms with van der Waals surface area (Å²) in [6.45, 7) is 6.02. The summed E-state index contributed by atoms with van der Waals surface area (Å²) < 4.78 is 8.95. The standard InChI is InChI=1S/C14H24N2OS/c1-11(2)13-10-15-14(18)16(13)8-9-17-12-6-4-3-5-7-12/h10-12H,3-9H2,1-2H3,(H,15,18). The number of aromatic nitrogens is 2. The second-order valence-electron chi connectivity index (χ2n) is 5.46. The van der Waals surface area contributed by atoms with Crippen molar-refractivity contribution in [3.63, 3.8) is 0 Å². The minimum Gasteiger partial charge on any atom is -0.376 e. The van der Waals surface area contributed by atoms with Crippen molar-refractivity contribution in [3.05, 3.63) is 16.7 Å². The zero-order valence-corrected chi connectivity index (χ0v) is 12.3. The number of hydrogen-bond acceptors (Lipinski definition) is 2. The Labute approximate surface area is 115 Å². The van der Waals surface area contributed by atoms with E-state index in [1.165, 1.54) is 37.8 Å². The fraction of sp³-hybridized carbons (Fsp3) is 0.786. The van der Waals surface area contributed by atoms with E-state index in [9.17, 15) is 0 Å². The van der Waals surface area contributed by atoms with Gasteiger partial charge in [-0.3, -0.25) is 0 Å². The van der Waals surface area contributed by atoms with Crippen molar-refractivity contribution >= 4 is 12.2 Å². The zero-order chi connectivity index (χ0) is 13.0. The zero-order valence-electron chi connectivity index (χ0n) is 11.4. The third-order valence-electron chi connectivity index (χ3n) is 3.71. The highest BCUT2D eigenvalue weighted by Gasteiger charge is 2.14. The lowest BCUT2D eigenvalue weighted by Crippen LogP contribution is -2.20. The lowest BCUT2D eigenvalue weighted by molar-refractivity contribution is 0.0236. The molecule has 102 valence electrons. The molecule has 0 amide bonds. The predicted molar refractivity (Wildman–Crippen MR) is 76.5 cm³/mol. The topological polar surface area (TPSA) is 29.9 Å². The molecule has 0 spiro atoms. The van der Waals surface area contributed by atoms with Gasteiger partial charge in [0.05, 0.1) is 12.7 Å². The van der Waals surface area contributed by atoms with E-state index in [-0.39, 0.29) is 0 Å². The number of imidazole rings is 1. The first-order valence-electron chi connectivity index (χ1n) is 7.08. The Morgan fingerprint density at radius 3 is 2.78 bits per heavy atom. The molecule has 0 radical (unpaired) electrons. The molecule has 1 aromatic rings. The quantitative estimate of drug-likeness (QED) is 0.817. The number of ether oxygens (including phenoxy) is 1. The molecule has 18 heavy (non-hydrogen) atoms. The summed E-state index contributed by atoms with van der Waals surface area (Å²) in [6, 6.07) is 0. The second-order valence-corrected chi connectivity index (χ2v) is 5.84. The van der Waals surface area contributed by atoms with Gasteiger partial charge in [-0.1, -0.05) is 33.1 Å². The average Bonchev–Trinajstić information content (AvgIpc) is 2.73. The molecule has 0 saturated heterocycles. The Morgan fingerprint density at radius 2 is 2.11 bits per heavy atom. The maximum atomic E-state index is 5.96. The Balaban J connectivity index is 1.86. The minimum atomic E-state index is 0.481. The number of rotatable bonds is 5. The summed E-state index contributed by atoms with van der Waals surface area (Å²) in [4.78, 5) is 3.13. The van der Waals surface area contributed by atoms with E-state index in [1.54, 1.807) is 0 Å². The van der Waals surface area contributed by atoms with E-state index < -0.39 is 0 Å². The van der Waals surface area contributed by atoms with Crippen molar-refractivity contribution in [2.45, 2.75) is 64.5 Å². The first-order chi connectivity index (χ1) is 8.68. The SMILES string of the molecule is CC(C)c1c[nH]c(=S)n1CCOC1CCCCC1. The van der Waals surface area contributed by atoms with Crippen LogP contribution in [0, 0.1) is 4.77 Å². The third-order valence-corrected chi connectivity index (χ3v) is 4.05. The van der Waals surface area contributed by atoms with E-state index in [4.69, 9.17) is 17.0 Å². The number of hydrogen-bond donors (Lipinski definition) is 1. The van der Waals surface area contributed by atoms with Crippen molar-refractivity contribution in [1.82, 2.24) is 9.55 Å². The van der Waals surface area contributed by atoms with Crippen LogP contribution in [0.2, 0.25) is 0 Å². The Bertz CT molecular complexity index is 416. The van der Waals surface area contributed by atoms with Crippen LogP contribution in [0.5, 0.6) is 0 Å². The molecule has 3 nitrogen and oxygen atoms in total. The molecule has 1 heterocycles. The Kier molecular flexibility index (Phi) is 5.01. The Morgan fingerprint density at radius 1 is 1.39 bits per heavy atom. The van der Waals surface area contributed by atoms with Crippen molar-refractivity contribution in [2.24, 2.45) is 0 Å². The van der Waals surface area contributed by atoms with Crippen LogP contribution in [0.15, 0.2) is 6.20 Å². The summed E-state index contributed by atoms with van der Waals surface area (Å²) in [7, 11) is 0. The fourth-order valence-electron chi connectivity index (χ4n) is 2.66. The normalized spacial score (nSPS) is 17.5. The summed E-state index contributed by atoms with van der Waals surface area (Å²) in [5, 5.41) is 0. The highest BCUT2D eigenvalue weighted by Crippen LogP contribution is 2.20. The van der Waals surface area contributed by atoms with Gasteiger partial charge in [0.15, 0.2) is 4.77 Å². The smallest absolute Gasteiger partial charge is 0.177 e. The van der Waals surface area contributed by atoms with Crippen molar-refractivity contribution < 1.29 is 4.74 Å². The van der Waals surface area contributed by atoms with E-state index in [0.717, 1.165) is 17.9 Å². The second kappa shape index (κ2) is 6.53. The summed E-state index contributed by atoms with van der Waals surface area (Å²) in [5.74, 6) is 0.493. The molecule has 0 aromatic carbocycles. The largest absolute Gasteiger partial charge is 0.376 e.